The molecule has 2 rings (SSSR count). The van der Waals surface area contributed by atoms with Gasteiger partial charge in [0.15, 0.2) is 0 Å². The quantitative estimate of drug-likeness (QED) is 0.533. The Morgan fingerprint density at radius 3 is 2.53 bits per heavy atom. The van der Waals surface area contributed by atoms with Crippen LogP contribution >= 0.6 is 0 Å². The maximum absolute atomic E-state index is 2.44. The van der Waals surface area contributed by atoms with E-state index in [1.165, 1.54) is 12.0 Å². The molecule has 80 valence electrons. The van der Waals surface area contributed by atoms with Crippen molar-refractivity contribution in [2.75, 3.05) is 0 Å². The first kappa shape index (κ1) is 15.4. The molecule has 3 heteroatoms. The van der Waals surface area contributed by atoms with E-state index in [9.17, 15) is 0 Å². The number of hydrogen-bond donors (Lipinski definition) is 0. The standard InChI is InChI=1S/C7H9.C5H5.2ClH.Zr/c1-6-3-4-7(2)5-6;1-2-4-5-3-1;;;/h3-5H,1-2H3;1-3H,4H2;2*1H;/q;;;;+2/p-2. The monoisotopic (exact) mass is 318 g/mol. The summed E-state index contributed by atoms with van der Waals surface area (Å²) in [4.78, 5) is 0. The van der Waals surface area contributed by atoms with Crippen molar-refractivity contribution in [2.45, 2.75) is 23.4 Å². The summed E-state index contributed by atoms with van der Waals surface area (Å²) < 4.78 is 2.17. The third-order valence-electron chi connectivity index (χ3n) is 2.42. The second-order valence-corrected chi connectivity index (χ2v) is 8.79. The molecule has 0 nitrogen and oxygen atoms in total. The molecular formula is C12H14Cl2Zr. The topological polar surface area (TPSA) is 0 Å². The molecule has 0 aliphatic heterocycles. The first-order chi connectivity index (χ1) is 6.18. The van der Waals surface area contributed by atoms with Gasteiger partial charge in [0.2, 0.25) is 0 Å². The van der Waals surface area contributed by atoms with Crippen LogP contribution in [-0.4, -0.2) is 0 Å². The van der Waals surface area contributed by atoms with Crippen LogP contribution in [0.15, 0.2) is 45.3 Å². The van der Waals surface area contributed by atoms with E-state index in [1.54, 1.807) is 3.28 Å². The molecule has 1 atom stereocenters. The van der Waals surface area contributed by atoms with Gasteiger partial charge in [-0.2, -0.15) is 0 Å². The van der Waals surface area contributed by atoms with Crippen LogP contribution < -0.4 is 24.8 Å². The van der Waals surface area contributed by atoms with E-state index < -0.39 is 23.2 Å². The minimum Gasteiger partial charge on any atom is -1.00 e. The van der Waals surface area contributed by atoms with Gasteiger partial charge in [0.1, 0.15) is 0 Å². The van der Waals surface area contributed by atoms with Crippen LogP contribution in [0.2, 0.25) is 3.12 Å². The second kappa shape index (κ2) is 6.23. The Hall–Kier alpha value is 0.423. The summed E-state index contributed by atoms with van der Waals surface area (Å²) in [5.74, 6) is 0. The molecule has 0 heterocycles. The van der Waals surface area contributed by atoms with E-state index in [2.05, 4.69) is 50.3 Å². The van der Waals surface area contributed by atoms with Crippen molar-refractivity contribution in [1.82, 2.24) is 0 Å². The van der Waals surface area contributed by atoms with Gasteiger partial charge < -0.3 is 24.8 Å². The Labute approximate surface area is 116 Å². The fourth-order valence-electron chi connectivity index (χ4n) is 1.84. The molecular weight excluding hydrogens is 306 g/mol. The number of halogens is 2. The molecule has 0 aromatic rings. The van der Waals surface area contributed by atoms with Gasteiger partial charge in [-0.05, 0) is 0 Å². The molecule has 0 saturated heterocycles. The fraction of sp³-hybridized carbons (Fsp3) is 0.333. The summed E-state index contributed by atoms with van der Waals surface area (Å²) in [6.45, 7) is 4.58. The fourth-order valence-corrected chi connectivity index (χ4v) is 5.67. The van der Waals surface area contributed by atoms with E-state index in [0.29, 0.717) is 3.12 Å². The summed E-state index contributed by atoms with van der Waals surface area (Å²) in [5.41, 5.74) is 1.44. The van der Waals surface area contributed by atoms with Gasteiger partial charge in [-0.25, -0.2) is 0 Å². The summed E-state index contributed by atoms with van der Waals surface area (Å²) >= 11 is -0.421. The summed E-state index contributed by atoms with van der Waals surface area (Å²) in [5, 5.41) is 0. The SMILES string of the molecule is CC1=C[C](C)([Zr+2][C]2=CC=CC2)C=C1.[Cl-].[Cl-]. The molecule has 0 bridgehead atoms. The minimum absolute atomic E-state index is 0. The zero-order valence-corrected chi connectivity index (χ0v) is 12.9. The molecule has 2 aliphatic carbocycles. The first-order valence-electron chi connectivity index (χ1n) is 4.71. The zero-order valence-electron chi connectivity index (χ0n) is 8.93. The molecule has 0 fully saturated rings. The van der Waals surface area contributed by atoms with E-state index in [0.717, 1.165) is 0 Å². The molecule has 0 N–H and O–H groups in total. The van der Waals surface area contributed by atoms with Crippen LogP contribution in [0.25, 0.3) is 0 Å². The van der Waals surface area contributed by atoms with Gasteiger partial charge in [0, 0.05) is 0 Å². The third-order valence-corrected chi connectivity index (χ3v) is 6.21. The molecule has 0 aromatic carbocycles. The molecule has 0 aromatic heterocycles. The predicted octanol–water partition coefficient (Wildman–Crippen LogP) is -2.38. The van der Waals surface area contributed by atoms with Gasteiger partial charge in [-0.15, -0.1) is 0 Å². The maximum atomic E-state index is 2.44. The number of allylic oxidation sites excluding steroid dienone is 8. The van der Waals surface area contributed by atoms with Crippen LogP contribution in [0.3, 0.4) is 0 Å². The Bertz CT molecular complexity index is 340. The average Bonchev–Trinajstić information content (AvgIpc) is 2.62. The Balaban J connectivity index is 0.000000980. The number of hydrogen-bond acceptors (Lipinski definition) is 0. The van der Waals surface area contributed by atoms with Crippen molar-refractivity contribution >= 4 is 0 Å². The van der Waals surface area contributed by atoms with Crippen molar-refractivity contribution in [3.05, 3.63) is 45.3 Å². The largest absolute Gasteiger partial charge is 1.00 e. The van der Waals surface area contributed by atoms with Crippen molar-refractivity contribution in [2.24, 2.45) is 0 Å². The molecule has 2 aliphatic rings. The molecule has 0 amide bonds. The molecule has 1 unspecified atom stereocenters. The Kier molecular flexibility index (Phi) is 6.41. The molecule has 0 saturated carbocycles. The van der Waals surface area contributed by atoms with Crippen LogP contribution in [0.4, 0.5) is 0 Å². The van der Waals surface area contributed by atoms with Gasteiger partial charge in [-0.1, -0.05) is 0 Å². The Morgan fingerprint density at radius 2 is 2.07 bits per heavy atom. The van der Waals surface area contributed by atoms with Crippen LogP contribution in [0.1, 0.15) is 20.3 Å². The summed E-state index contributed by atoms with van der Waals surface area (Å²) in [6, 6.07) is 0. The van der Waals surface area contributed by atoms with Gasteiger partial charge in [0.25, 0.3) is 0 Å². The maximum Gasteiger partial charge on any atom is -1.00 e. The Morgan fingerprint density at radius 1 is 1.33 bits per heavy atom. The van der Waals surface area contributed by atoms with Crippen molar-refractivity contribution in [3.63, 3.8) is 0 Å². The third kappa shape index (κ3) is 4.06. The van der Waals surface area contributed by atoms with E-state index in [-0.39, 0.29) is 24.8 Å². The molecule has 0 spiro atoms. The van der Waals surface area contributed by atoms with Crippen LogP contribution in [-0.2, 0) is 23.2 Å². The van der Waals surface area contributed by atoms with Crippen molar-refractivity contribution < 1.29 is 48.0 Å². The summed E-state index contributed by atoms with van der Waals surface area (Å²) in [6.07, 6.45) is 15.1. The van der Waals surface area contributed by atoms with E-state index in [1.807, 2.05) is 0 Å². The van der Waals surface area contributed by atoms with Crippen molar-refractivity contribution in [3.8, 4) is 0 Å². The van der Waals surface area contributed by atoms with Gasteiger partial charge in [0.05, 0.1) is 0 Å². The smallest absolute Gasteiger partial charge is 1.00 e. The molecule has 0 radical (unpaired) electrons. The zero-order chi connectivity index (χ0) is 9.31. The minimum atomic E-state index is -0.421. The van der Waals surface area contributed by atoms with Gasteiger partial charge in [-0.3, -0.25) is 0 Å². The number of rotatable bonds is 2. The van der Waals surface area contributed by atoms with Crippen molar-refractivity contribution in [1.29, 1.82) is 0 Å². The summed E-state index contributed by atoms with van der Waals surface area (Å²) in [7, 11) is 0. The van der Waals surface area contributed by atoms with E-state index >= 15 is 0 Å². The van der Waals surface area contributed by atoms with Crippen LogP contribution in [0.5, 0.6) is 0 Å². The molecule has 15 heavy (non-hydrogen) atoms. The van der Waals surface area contributed by atoms with E-state index in [4.69, 9.17) is 0 Å². The average molecular weight is 320 g/mol. The first-order valence-corrected chi connectivity index (χ1v) is 7.16. The second-order valence-electron chi connectivity index (χ2n) is 3.95. The van der Waals surface area contributed by atoms with Gasteiger partial charge >= 0.3 is 91.9 Å². The predicted molar refractivity (Wildman–Crippen MR) is 53.1 cm³/mol. The van der Waals surface area contributed by atoms with Crippen LogP contribution in [0, 0.1) is 0 Å². The normalized spacial score (nSPS) is 26.3.